The summed E-state index contributed by atoms with van der Waals surface area (Å²) in [6.07, 6.45) is 1.23. The van der Waals surface area contributed by atoms with E-state index in [-0.39, 0.29) is 11.6 Å². The predicted octanol–water partition coefficient (Wildman–Crippen LogP) is 1.22. The van der Waals surface area contributed by atoms with Gasteiger partial charge in [0.05, 0.1) is 0 Å². The lowest BCUT2D eigenvalue weighted by molar-refractivity contribution is 0.0692. The van der Waals surface area contributed by atoms with E-state index in [1.165, 1.54) is 22.9 Å². The van der Waals surface area contributed by atoms with Gasteiger partial charge in [0.25, 0.3) is 5.56 Å². The lowest BCUT2D eigenvalue weighted by Crippen LogP contribution is -2.36. The molecular weight excluding hydrogens is 201 g/mol. The normalized spacial score (nSPS) is 24.6. The lowest BCUT2D eigenvalue weighted by atomic mass is 9.90. The number of hydrogen-bond acceptors (Lipinski definition) is 2. The fourth-order valence-corrected chi connectivity index (χ4v) is 1.71. The van der Waals surface area contributed by atoms with E-state index in [1.807, 2.05) is 0 Å². The maximum Gasteiger partial charge on any atom is 0.341 e. The summed E-state index contributed by atoms with van der Waals surface area (Å²) < 4.78 is 13.9. The zero-order valence-electron chi connectivity index (χ0n) is 7.89. The number of rotatable bonds is 2. The molecule has 0 amide bonds. The van der Waals surface area contributed by atoms with Crippen molar-refractivity contribution >= 4 is 5.97 Å². The molecule has 5 heteroatoms. The van der Waals surface area contributed by atoms with Gasteiger partial charge in [-0.1, -0.05) is 0 Å². The molecule has 1 fully saturated rings. The summed E-state index contributed by atoms with van der Waals surface area (Å²) >= 11 is 0. The highest BCUT2D eigenvalue weighted by atomic mass is 19.1. The van der Waals surface area contributed by atoms with Crippen molar-refractivity contribution in [2.45, 2.75) is 25.1 Å². The van der Waals surface area contributed by atoms with Crippen LogP contribution in [0.3, 0.4) is 0 Å². The number of hydrogen-bond donors (Lipinski definition) is 1. The standard InChI is InChI=1S/C10H10FNO3/c11-6-4-7(5-6)12-3-1-2-8(9(12)13)10(14)15/h1-3,6-7H,4-5H2,(H,14,15)/t6-,7-. The molecule has 1 aromatic heterocycles. The van der Waals surface area contributed by atoms with Crippen LogP contribution >= 0.6 is 0 Å². The first-order chi connectivity index (χ1) is 7.09. The van der Waals surface area contributed by atoms with Crippen LogP contribution in [-0.2, 0) is 0 Å². The number of halogens is 1. The minimum absolute atomic E-state index is 0.188. The molecule has 0 unspecified atom stereocenters. The van der Waals surface area contributed by atoms with Gasteiger partial charge in [-0.05, 0) is 25.0 Å². The van der Waals surface area contributed by atoms with Gasteiger partial charge < -0.3 is 9.67 Å². The van der Waals surface area contributed by atoms with Crippen molar-refractivity contribution in [1.82, 2.24) is 4.57 Å². The number of carboxylic acid groups (broad SMARTS) is 1. The highest BCUT2D eigenvalue weighted by Gasteiger charge is 2.31. The van der Waals surface area contributed by atoms with Crippen LogP contribution in [0, 0.1) is 0 Å². The van der Waals surface area contributed by atoms with Gasteiger partial charge in [0, 0.05) is 12.2 Å². The molecule has 0 aromatic carbocycles. The molecule has 0 spiro atoms. The Balaban J connectivity index is 2.37. The number of aromatic carboxylic acids is 1. The van der Waals surface area contributed by atoms with Crippen LogP contribution in [0.15, 0.2) is 23.1 Å². The third-order valence-corrected chi connectivity index (χ3v) is 2.65. The Morgan fingerprint density at radius 2 is 2.20 bits per heavy atom. The van der Waals surface area contributed by atoms with E-state index < -0.39 is 17.7 Å². The van der Waals surface area contributed by atoms with Gasteiger partial charge in [-0.25, -0.2) is 9.18 Å². The molecule has 1 aliphatic carbocycles. The molecule has 80 valence electrons. The lowest BCUT2D eigenvalue weighted by Gasteiger charge is -2.31. The summed E-state index contributed by atoms with van der Waals surface area (Å²) in [5, 5.41) is 8.73. The quantitative estimate of drug-likeness (QED) is 0.800. The zero-order chi connectivity index (χ0) is 11.0. The van der Waals surface area contributed by atoms with Gasteiger partial charge in [0.2, 0.25) is 0 Å². The predicted molar refractivity (Wildman–Crippen MR) is 50.8 cm³/mol. The summed E-state index contributed by atoms with van der Waals surface area (Å²) in [7, 11) is 0. The van der Waals surface area contributed by atoms with Crippen LogP contribution in [0.4, 0.5) is 4.39 Å². The maximum absolute atomic E-state index is 12.6. The van der Waals surface area contributed by atoms with Gasteiger partial charge in [0.1, 0.15) is 11.7 Å². The Morgan fingerprint density at radius 3 is 2.73 bits per heavy atom. The van der Waals surface area contributed by atoms with Gasteiger partial charge in [0.15, 0.2) is 0 Å². The summed E-state index contributed by atoms with van der Waals surface area (Å²) in [6.45, 7) is 0. The number of carboxylic acids is 1. The van der Waals surface area contributed by atoms with Gasteiger partial charge in [-0.3, -0.25) is 4.79 Å². The number of alkyl halides is 1. The van der Waals surface area contributed by atoms with Crippen molar-refractivity contribution in [3.63, 3.8) is 0 Å². The van der Waals surface area contributed by atoms with Crippen molar-refractivity contribution in [2.24, 2.45) is 0 Å². The monoisotopic (exact) mass is 211 g/mol. The SMILES string of the molecule is O=C(O)c1cccn([C@H]2C[C@H](F)C2)c1=O. The smallest absolute Gasteiger partial charge is 0.341 e. The van der Waals surface area contributed by atoms with Crippen molar-refractivity contribution < 1.29 is 14.3 Å². The second kappa shape index (κ2) is 3.49. The van der Waals surface area contributed by atoms with Crippen LogP contribution in [0.5, 0.6) is 0 Å². The van der Waals surface area contributed by atoms with Crippen LogP contribution in [0.2, 0.25) is 0 Å². The molecule has 1 aromatic rings. The molecule has 0 saturated heterocycles. The van der Waals surface area contributed by atoms with E-state index in [0.29, 0.717) is 12.8 Å². The van der Waals surface area contributed by atoms with Crippen molar-refractivity contribution in [2.75, 3.05) is 0 Å². The molecule has 4 nitrogen and oxygen atoms in total. The molecule has 1 saturated carbocycles. The van der Waals surface area contributed by atoms with E-state index >= 15 is 0 Å². The van der Waals surface area contributed by atoms with Crippen LogP contribution in [0.1, 0.15) is 29.2 Å². The first-order valence-corrected chi connectivity index (χ1v) is 4.68. The van der Waals surface area contributed by atoms with Crippen LogP contribution in [-0.4, -0.2) is 21.8 Å². The number of aromatic nitrogens is 1. The molecule has 0 atom stereocenters. The van der Waals surface area contributed by atoms with Gasteiger partial charge in [-0.15, -0.1) is 0 Å². The van der Waals surface area contributed by atoms with E-state index in [4.69, 9.17) is 5.11 Å². The van der Waals surface area contributed by atoms with Gasteiger partial charge >= 0.3 is 5.97 Å². The summed E-state index contributed by atoms with van der Waals surface area (Å²) in [5.41, 5.74) is -0.818. The first kappa shape index (κ1) is 9.89. The highest BCUT2D eigenvalue weighted by molar-refractivity contribution is 5.86. The van der Waals surface area contributed by atoms with Crippen molar-refractivity contribution in [3.05, 3.63) is 34.2 Å². The Hall–Kier alpha value is -1.65. The third kappa shape index (κ3) is 1.65. The van der Waals surface area contributed by atoms with Crippen LogP contribution in [0.25, 0.3) is 0 Å². The maximum atomic E-state index is 12.6. The first-order valence-electron chi connectivity index (χ1n) is 4.68. The fourth-order valence-electron chi connectivity index (χ4n) is 1.71. The second-order valence-corrected chi connectivity index (χ2v) is 3.66. The number of carbonyl (C=O) groups is 1. The number of nitrogens with zero attached hydrogens (tertiary/aromatic N) is 1. The minimum Gasteiger partial charge on any atom is -0.477 e. The summed E-state index contributed by atoms with van der Waals surface area (Å²) in [4.78, 5) is 22.3. The van der Waals surface area contributed by atoms with E-state index in [2.05, 4.69) is 0 Å². The highest BCUT2D eigenvalue weighted by Crippen LogP contribution is 2.33. The summed E-state index contributed by atoms with van der Waals surface area (Å²) in [5.74, 6) is -1.24. The van der Waals surface area contributed by atoms with Gasteiger partial charge in [-0.2, -0.15) is 0 Å². The molecular formula is C10H10FNO3. The number of pyridine rings is 1. The Kier molecular flexibility index (Phi) is 2.30. The molecule has 0 aliphatic heterocycles. The van der Waals surface area contributed by atoms with Crippen molar-refractivity contribution in [1.29, 1.82) is 0 Å². The largest absolute Gasteiger partial charge is 0.477 e. The second-order valence-electron chi connectivity index (χ2n) is 3.66. The average Bonchev–Trinajstić information content (AvgIpc) is 2.13. The van der Waals surface area contributed by atoms with E-state index in [9.17, 15) is 14.0 Å². The molecule has 15 heavy (non-hydrogen) atoms. The summed E-state index contributed by atoms with van der Waals surface area (Å²) in [6, 6.07) is 2.56. The molecule has 1 heterocycles. The molecule has 2 rings (SSSR count). The molecule has 0 bridgehead atoms. The topological polar surface area (TPSA) is 59.3 Å². The zero-order valence-corrected chi connectivity index (χ0v) is 7.89. The minimum atomic E-state index is -1.24. The molecule has 0 radical (unpaired) electrons. The Morgan fingerprint density at radius 1 is 1.53 bits per heavy atom. The third-order valence-electron chi connectivity index (χ3n) is 2.65. The van der Waals surface area contributed by atoms with E-state index in [1.54, 1.807) is 0 Å². The van der Waals surface area contributed by atoms with E-state index in [0.717, 1.165) is 0 Å². The molecule has 1 N–H and O–H groups in total. The van der Waals surface area contributed by atoms with Crippen LogP contribution < -0.4 is 5.56 Å². The average molecular weight is 211 g/mol. The van der Waals surface area contributed by atoms with Crippen molar-refractivity contribution in [3.8, 4) is 0 Å². The molecule has 1 aliphatic rings. The Bertz CT molecular complexity index is 448. The Labute approximate surface area is 85.0 Å². The fraction of sp³-hybridized carbons (Fsp3) is 0.400.